The van der Waals surface area contributed by atoms with Gasteiger partial charge in [0.15, 0.2) is 0 Å². The number of phenolic OH excluding ortho intramolecular Hbond substituents is 1. The molecule has 1 aromatic heterocycles. The van der Waals surface area contributed by atoms with Gasteiger partial charge < -0.3 is 39.8 Å². The van der Waals surface area contributed by atoms with Crippen LogP contribution in [-0.4, -0.2) is 77.6 Å². The first-order chi connectivity index (χ1) is 29.1. The van der Waals surface area contributed by atoms with Crippen LogP contribution in [0, 0.1) is 0 Å². The van der Waals surface area contributed by atoms with Crippen molar-refractivity contribution in [2.75, 3.05) is 50.5 Å². The molecule has 1 fully saturated rings. The number of hydrogen-bond acceptors (Lipinski definition) is 8. The summed E-state index contributed by atoms with van der Waals surface area (Å²) in [6, 6.07) is 39.1. The fraction of sp³-hybridized carbons (Fsp3) is 0.271. The van der Waals surface area contributed by atoms with Gasteiger partial charge in [-0.05, 0) is 71.1 Å². The summed E-state index contributed by atoms with van der Waals surface area (Å²) in [5, 5.41) is 30.8. The first-order valence-electron chi connectivity index (χ1n) is 20.4. The van der Waals surface area contributed by atoms with Crippen LogP contribution in [0.1, 0.15) is 42.1 Å². The molecule has 310 valence electrons. The maximum Gasteiger partial charge on any atom is 0.411 e. The summed E-state index contributed by atoms with van der Waals surface area (Å²) in [6.45, 7) is 4.01. The first-order valence-corrected chi connectivity index (χ1v) is 20.4. The molecule has 1 aliphatic heterocycles. The highest BCUT2D eigenvalue weighted by molar-refractivity contribution is 5.93. The van der Waals surface area contributed by atoms with E-state index in [2.05, 4.69) is 28.0 Å². The zero-order chi connectivity index (χ0) is 41.9. The van der Waals surface area contributed by atoms with Crippen LogP contribution in [0.25, 0.3) is 22.0 Å². The topological polar surface area (TPSA) is 162 Å². The number of para-hydroxylation sites is 1. The molecule has 7 rings (SSSR count). The number of aromatic nitrogens is 1. The van der Waals surface area contributed by atoms with E-state index in [1.165, 1.54) is 12.1 Å². The molecule has 6 N–H and O–H groups in total. The Morgan fingerprint density at radius 1 is 0.850 bits per heavy atom. The van der Waals surface area contributed by atoms with Crippen molar-refractivity contribution in [1.82, 2.24) is 10.3 Å². The minimum absolute atomic E-state index is 0.0583. The number of phenols is 1. The highest BCUT2D eigenvalue weighted by atomic mass is 16.6. The van der Waals surface area contributed by atoms with Gasteiger partial charge in [0.1, 0.15) is 30.8 Å². The number of aliphatic hydroxyl groups is 1. The van der Waals surface area contributed by atoms with Crippen LogP contribution in [0.4, 0.5) is 16.2 Å². The van der Waals surface area contributed by atoms with Crippen molar-refractivity contribution in [2.24, 2.45) is 0 Å². The Balaban J connectivity index is 0.882. The largest absolute Gasteiger partial charge is 0.506 e. The fourth-order valence-corrected chi connectivity index (χ4v) is 7.62. The number of anilines is 2. The number of hydrogen-bond donors (Lipinski definition) is 6. The molecular weight excluding hydrogens is 759 g/mol. The number of likely N-dealkylation sites (tertiary alicyclic amines) is 1. The van der Waals surface area contributed by atoms with E-state index < -0.39 is 12.2 Å². The van der Waals surface area contributed by atoms with Crippen molar-refractivity contribution in [1.29, 1.82) is 0 Å². The van der Waals surface area contributed by atoms with Crippen molar-refractivity contribution in [3.8, 4) is 22.6 Å². The number of aliphatic hydroxyl groups excluding tert-OH is 1. The van der Waals surface area contributed by atoms with Gasteiger partial charge >= 0.3 is 6.09 Å². The maximum atomic E-state index is 13.3. The summed E-state index contributed by atoms with van der Waals surface area (Å²) in [6.07, 6.45) is 0.706. The molecule has 2 heterocycles. The average molecular weight is 811 g/mol. The maximum absolute atomic E-state index is 13.3. The number of H-pyrrole nitrogens is 1. The Bertz CT molecular complexity index is 2430. The molecule has 1 atom stereocenters. The number of carbonyl (C=O) groups excluding carboxylic acids is 2. The lowest BCUT2D eigenvalue weighted by Crippen LogP contribution is -2.53. The summed E-state index contributed by atoms with van der Waals surface area (Å²) < 4.78 is 12.8. The van der Waals surface area contributed by atoms with Gasteiger partial charge in [0.2, 0.25) is 11.5 Å². The number of pyridine rings is 1. The van der Waals surface area contributed by atoms with Gasteiger partial charge in [0.25, 0.3) is 0 Å². The van der Waals surface area contributed by atoms with E-state index >= 15 is 0 Å². The van der Waals surface area contributed by atoms with Crippen molar-refractivity contribution >= 4 is 34.3 Å². The quantitative estimate of drug-likeness (QED) is 0.0547. The molecule has 0 unspecified atom stereocenters. The lowest BCUT2D eigenvalue weighted by molar-refractivity contribution is -0.915. The second kappa shape index (κ2) is 19.5. The number of rotatable bonds is 16. The molecule has 5 aromatic carbocycles. The molecule has 1 saturated heterocycles. The predicted molar refractivity (Wildman–Crippen MR) is 234 cm³/mol. The zero-order valence-electron chi connectivity index (χ0n) is 33.7. The molecule has 2 amide bonds. The lowest BCUT2D eigenvalue weighted by Gasteiger charge is -2.40. The smallest absolute Gasteiger partial charge is 0.411 e. The minimum Gasteiger partial charge on any atom is -0.506 e. The fourth-order valence-electron chi connectivity index (χ4n) is 7.62. The number of aromatic hydroxyl groups is 1. The molecule has 0 aliphatic carbocycles. The average Bonchev–Trinajstić information content (AvgIpc) is 3.25. The van der Waals surface area contributed by atoms with Crippen molar-refractivity contribution in [3.05, 3.63) is 154 Å². The highest BCUT2D eigenvalue weighted by Gasteiger charge is 2.32. The molecule has 0 saturated carbocycles. The number of nitrogens with zero attached hydrogens (tertiary/aromatic N) is 1. The van der Waals surface area contributed by atoms with E-state index in [9.17, 15) is 24.6 Å². The third kappa shape index (κ3) is 11.2. The standard InChI is InChI=1S/C48H51N5O7/c1-53(28-29-59-37-10-6-3-7-11-37)26-24-38(25-27-53)60-48(58)51-42-30-33(14-18-39(42)35-8-4-2-5-9-35)15-22-45(56)50-36-16-12-34(13-17-36)31-49-32-44(55)40-19-21-43(54)47-41(40)20-23-46(57)52-47/h2-14,16-21,23,30,38,44,49,55H,15,22,24-29,31-32H2,1H3,(H3-,50,51,52,54,56,57,58)/p+1/t38?,44-,53?/m0/s1. The Morgan fingerprint density at radius 2 is 1.57 bits per heavy atom. The van der Waals surface area contributed by atoms with E-state index in [0.29, 0.717) is 41.9 Å². The zero-order valence-corrected chi connectivity index (χ0v) is 33.7. The number of quaternary nitrogens is 1. The number of ether oxygens (including phenoxy) is 2. The number of aryl methyl sites for hydroxylation is 1. The Kier molecular flexibility index (Phi) is 13.6. The summed E-state index contributed by atoms with van der Waals surface area (Å²) in [5.74, 6) is 0.674. The van der Waals surface area contributed by atoms with Gasteiger partial charge in [-0.3, -0.25) is 14.9 Å². The Labute approximate surface area is 349 Å². The van der Waals surface area contributed by atoms with Crippen molar-refractivity contribution in [2.45, 2.75) is 44.4 Å². The number of amides is 2. The molecule has 60 heavy (non-hydrogen) atoms. The van der Waals surface area contributed by atoms with Gasteiger partial charge in [-0.2, -0.15) is 0 Å². The molecule has 0 spiro atoms. The Morgan fingerprint density at radius 3 is 2.32 bits per heavy atom. The summed E-state index contributed by atoms with van der Waals surface area (Å²) in [4.78, 5) is 40.7. The van der Waals surface area contributed by atoms with E-state index in [1.54, 1.807) is 12.1 Å². The number of carbonyl (C=O) groups is 2. The molecule has 6 aromatic rings. The molecule has 0 radical (unpaired) electrons. The molecule has 12 heteroatoms. The van der Waals surface area contributed by atoms with E-state index in [0.717, 1.165) is 65.0 Å². The molecule has 0 bridgehead atoms. The second-order valence-corrected chi connectivity index (χ2v) is 15.6. The minimum atomic E-state index is -0.872. The SMILES string of the molecule is C[N+]1(CCOc2ccccc2)CCC(OC(=O)Nc2cc(CCC(=O)Nc3ccc(CNC[C@H](O)c4ccc(O)c5[nH]c(=O)ccc45)cc3)ccc2-c2ccccc2)CC1. The number of aromatic amines is 1. The molecule has 12 nitrogen and oxygen atoms in total. The van der Waals surface area contributed by atoms with Gasteiger partial charge in [-0.1, -0.05) is 78.9 Å². The van der Waals surface area contributed by atoms with Crippen LogP contribution in [0.15, 0.2) is 132 Å². The van der Waals surface area contributed by atoms with E-state index in [1.807, 2.05) is 103 Å². The van der Waals surface area contributed by atoms with Crippen LogP contribution < -0.4 is 26.2 Å². The van der Waals surface area contributed by atoms with Gasteiger partial charge in [0, 0.05) is 55.1 Å². The summed E-state index contributed by atoms with van der Waals surface area (Å²) >= 11 is 0. The normalized spacial score (nSPS) is 16.8. The van der Waals surface area contributed by atoms with Gasteiger partial charge in [-0.25, -0.2) is 4.79 Å². The Hall–Kier alpha value is -6.47. The van der Waals surface area contributed by atoms with Gasteiger partial charge in [-0.15, -0.1) is 0 Å². The van der Waals surface area contributed by atoms with Crippen LogP contribution in [0.2, 0.25) is 0 Å². The monoisotopic (exact) mass is 810 g/mol. The van der Waals surface area contributed by atoms with E-state index in [-0.39, 0.29) is 41.8 Å². The third-order valence-corrected chi connectivity index (χ3v) is 11.1. The van der Waals surface area contributed by atoms with Crippen LogP contribution in [-0.2, 0) is 22.5 Å². The summed E-state index contributed by atoms with van der Waals surface area (Å²) in [7, 11) is 2.23. The first kappa shape index (κ1) is 41.7. The summed E-state index contributed by atoms with van der Waals surface area (Å²) in [5.41, 5.74) is 5.52. The molecular formula is C48H52N5O7+. The van der Waals surface area contributed by atoms with Gasteiger partial charge in [0.05, 0.1) is 37.4 Å². The lowest BCUT2D eigenvalue weighted by atomic mass is 9.99. The number of benzene rings is 5. The second-order valence-electron chi connectivity index (χ2n) is 15.6. The van der Waals surface area contributed by atoms with Crippen LogP contribution in [0.5, 0.6) is 11.5 Å². The molecule has 1 aliphatic rings. The van der Waals surface area contributed by atoms with Crippen molar-refractivity contribution < 1.29 is 33.8 Å². The third-order valence-electron chi connectivity index (χ3n) is 11.1. The number of fused-ring (bicyclic) bond motifs is 1. The number of piperidine rings is 1. The number of nitrogens with one attached hydrogen (secondary N) is 4. The number of likely N-dealkylation sites (N-methyl/N-ethyl adjacent to an activating group) is 1. The highest BCUT2D eigenvalue weighted by Crippen LogP contribution is 2.31. The predicted octanol–water partition coefficient (Wildman–Crippen LogP) is 7.53. The van der Waals surface area contributed by atoms with Crippen LogP contribution in [0.3, 0.4) is 0 Å². The van der Waals surface area contributed by atoms with Crippen LogP contribution >= 0.6 is 0 Å². The van der Waals surface area contributed by atoms with Crippen molar-refractivity contribution in [3.63, 3.8) is 0 Å². The van der Waals surface area contributed by atoms with E-state index in [4.69, 9.17) is 9.47 Å².